The first-order valence-corrected chi connectivity index (χ1v) is 3.19. The first-order chi connectivity index (χ1) is 4.47. The Hall–Kier alpha value is -0.760. The molecule has 1 aliphatic heterocycles. The van der Waals surface area contributed by atoms with Crippen molar-refractivity contribution in [1.29, 1.82) is 0 Å². The molecule has 0 amide bonds. The van der Waals surface area contributed by atoms with Gasteiger partial charge >= 0.3 is 0 Å². The van der Waals surface area contributed by atoms with Gasteiger partial charge in [0.25, 0.3) is 0 Å². The Balaban J connectivity index is 2.14. The fourth-order valence-electron chi connectivity index (χ4n) is 1.03. The predicted molar refractivity (Wildman–Crippen MR) is 34.3 cm³/mol. The molecular weight excluding hydrogens is 114 g/mol. The zero-order valence-corrected chi connectivity index (χ0v) is 5.13. The number of hydrogen-bond acceptors (Lipinski definition) is 2. The Morgan fingerprint density at radius 2 is 2.44 bits per heavy atom. The first-order valence-electron chi connectivity index (χ1n) is 3.19. The molecule has 1 saturated heterocycles. The van der Waals surface area contributed by atoms with Crippen molar-refractivity contribution in [3.63, 3.8) is 0 Å². The van der Waals surface area contributed by atoms with E-state index in [-0.39, 0.29) is 0 Å². The van der Waals surface area contributed by atoms with Gasteiger partial charge in [-0.2, -0.15) is 0 Å². The van der Waals surface area contributed by atoms with E-state index in [0.717, 1.165) is 13.1 Å². The number of nitrogens with one attached hydrogen (secondary N) is 1. The second kappa shape index (κ2) is 1.88. The highest BCUT2D eigenvalue weighted by atomic mass is 16.3. The maximum Gasteiger partial charge on any atom is 0.0938 e. The normalized spacial score (nSPS) is 19.6. The van der Waals surface area contributed by atoms with Crippen LogP contribution in [-0.2, 0) is 0 Å². The van der Waals surface area contributed by atoms with Crippen molar-refractivity contribution in [2.75, 3.05) is 13.1 Å². The van der Waals surface area contributed by atoms with E-state index in [1.807, 2.05) is 12.3 Å². The minimum atomic E-state index is 0.712. The molecule has 0 bridgehead atoms. The average Bonchev–Trinajstić information content (AvgIpc) is 2.11. The van der Waals surface area contributed by atoms with Crippen molar-refractivity contribution < 1.29 is 4.42 Å². The fraction of sp³-hybridized carbons (Fsp3) is 0.429. The van der Waals surface area contributed by atoms with E-state index in [4.69, 9.17) is 4.42 Å². The maximum atomic E-state index is 4.94. The van der Waals surface area contributed by atoms with Crippen LogP contribution in [0.25, 0.3) is 0 Å². The summed E-state index contributed by atoms with van der Waals surface area (Å²) in [5.74, 6) is 0.712. The molecule has 1 N–H and O–H groups in total. The van der Waals surface area contributed by atoms with Gasteiger partial charge in [0.15, 0.2) is 0 Å². The molecule has 2 nitrogen and oxygen atoms in total. The lowest BCUT2D eigenvalue weighted by Crippen LogP contribution is -2.39. The molecule has 2 heterocycles. The zero-order chi connectivity index (χ0) is 6.10. The van der Waals surface area contributed by atoms with E-state index < -0.39 is 0 Å². The second-order valence-corrected chi connectivity index (χ2v) is 2.41. The SMILES string of the molecule is c1cc(C2CNC2)co1. The zero-order valence-electron chi connectivity index (χ0n) is 5.13. The molecule has 1 aromatic heterocycles. The second-order valence-electron chi connectivity index (χ2n) is 2.41. The van der Waals surface area contributed by atoms with Crippen LogP contribution >= 0.6 is 0 Å². The van der Waals surface area contributed by atoms with Crippen molar-refractivity contribution in [2.45, 2.75) is 5.92 Å². The minimum Gasteiger partial charge on any atom is -0.472 e. The van der Waals surface area contributed by atoms with Crippen molar-refractivity contribution in [1.82, 2.24) is 5.32 Å². The van der Waals surface area contributed by atoms with Crippen LogP contribution in [0.1, 0.15) is 11.5 Å². The molecule has 48 valence electrons. The number of furan rings is 1. The summed E-state index contributed by atoms with van der Waals surface area (Å²) in [5, 5.41) is 3.21. The molecule has 0 saturated carbocycles. The van der Waals surface area contributed by atoms with Gasteiger partial charge in [0.05, 0.1) is 12.5 Å². The van der Waals surface area contributed by atoms with Gasteiger partial charge in [0.1, 0.15) is 0 Å². The molecule has 1 aliphatic rings. The standard InChI is InChI=1S/C7H9NO/c1-2-9-5-6(1)7-3-8-4-7/h1-2,5,7-8H,3-4H2. The van der Waals surface area contributed by atoms with Crippen LogP contribution in [0.15, 0.2) is 23.0 Å². The summed E-state index contributed by atoms with van der Waals surface area (Å²) < 4.78 is 4.94. The van der Waals surface area contributed by atoms with E-state index in [2.05, 4.69) is 5.32 Å². The van der Waals surface area contributed by atoms with E-state index in [1.165, 1.54) is 5.56 Å². The highest BCUT2D eigenvalue weighted by Crippen LogP contribution is 2.18. The Labute approximate surface area is 53.9 Å². The average molecular weight is 123 g/mol. The van der Waals surface area contributed by atoms with Crippen molar-refractivity contribution >= 4 is 0 Å². The van der Waals surface area contributed by atoms with Crippen LogP contribution in [0, 0.1) is 0 Å². The molecular formula is C7H9NO. The van der Waals surface area contributed by atoms with Crippen LogP contribution in [0.2, 0.25) is 0 Å². The van der Waals surface area contributed by atoms with E-state index >= 15 is 0 Å². The number of hydrogen-bond donors (Lipinski definition) is 1. The molecule has 0 unspecified atom stereocenters. The quantitative estimate of drug-likeness (QED) is 0.601. The third kappa shape index (κ3) is 0.754. The van der Waals surface area contributed by atoms with E-state index in [9.17, 15) is 0 Å². The molecule has 0 aliphatic carbocycles. The Kier molecular flexibility index (Phi) is 1.06. The minimum absolute atomic E-state index is 0.712. The molecule has 1 aromatic rings. The third-order valence-corrected chi connectivity index (χ3v) is 1.80. The van der Waals surface area contributed by atoms with Crippen LogP contribution in [0.4, 0.5) is 0 Å². The highest BCUT2D eigenvalue weighted by Gasteiger charge is 2.18. The van der Waals surface area contributed by atoms with E-state index in [1.54, 1.807) is 6.26 Å². The monoisotopic (exact) mass is 123 g/mol. The van der Waals surface area contributed by atoms with Gasteiger partial charge in [-0.05, 0) is 11.6 Å². The van der Waals surface area contributed by atoms with Gasteiger partial charge in [-0.3, -0.25) is 0 Å². The molecule has 1 fully saturated rings. The summed E-state index contributed by atoms with van der Waals surface area (Å²) in [6.07, 6.45) is 3.55. The van der Waals surface area contributed by atoms with Gasteiger partial charge in [-0.25, -0.2) is 0 Å². The highest BCUT2D eigenvalue weighted by molar-refractivity contribution is 5.16. The lowest BCUT2D eigenvalue weighted by atomic mass is 9.97. The summed E-state index contributed by atoms with van der Waals surface area (Å²) in [6, 6.07) is 2.03. The molecule has 0 radical (unpaired) electrons. The lowest BCUT2D eigenvalue weighted by Gasteiger charge is -2.25. The van der Waals surface area contributed by atoms with Crippen LogP contribution in [-0.4, -0.2) is 13.1 Å². The van der Waals surface area contributed by atoms with Gasteiger partial charge < -0.3 is 9.73 Å². The summed E-state index contributed by atoms with van der Waals surface area (Å²) in [7, 11) is 0. The van der Waals surface area contributed by atoms with Gasteiger partial charge in [-0.15, -0.1) is 0 Å². The summed E-state index contributed by atoms with van der Waals surface area (Å²) in [5.41, 5.74) is 1.33. The molecule has 0 aromatic carbocycles. The van der Waals surface area contributed by atoms with Crippen molar-refractivity contribution in [2.24, 2.45) is 0 Å². The summed E-state index contributed by atoms with van der Waals surface area (Å²) in [6.45, 7) is 2.22. The molecule has 0 spiro atoms. The molecule has 9 heavy (non-hydrogen) atoms. The van der Waals surface area contributed by atoms with Gasteiger partial charge in [-0.1, -0.05) is 0 Å². The van der Waals surface area contributed by atoms with Crippen LogP contribution in [0.5, 0.6) is 0 Å². The van der Waals surface area contributed by atoms with Crippen LogP contribution < -0.4 is 5.32 Å². The molecule has 0 atom stereocenters. The Morgan fingerprint density at radius 3 is 2.89 bits per heavy atom. The number of rotatable bonds is 1. The Morgan fingerprint density at radius 1 is 1.56 bits per heavy atom. The molecule has 2 heteroatoms. The van der Waals surface area contributed by atoms with Crippen molar-refractivity contribution in [3.05, 3.63) is 24.2 Å². The fourth-order valence-corrected chi connectivity index (χ4v) is 1.03. The van der Waals surface area contributed by atoms with Gasteiger partial charge in [0.2, 0.25) is 0 Å². The smallest absolute Gasteiger partial charge is 0.0938 e. The Bertz CT molecular complexity index is 177. The maximum absolute atomic E-state index is 4.94. The third-order valence-electron chi connectivity index (χ3n) is 1.80. The topological polar surface area (TPSA) is 25.2 Å². The van der Waals surface area contributed by atoms with Gasteiger partial charge in [0, 0.05) is 19.0 Å². The van der Waals surface area contributed by atoms with E-state index in [0.29, 0.717) is 5.92 Å². The lowest BCUT2D eigenvalue weighted by molar-refractivity contribution is 0.443. The van der Waals surface area contributed by atoms with Crippen LogP contribution in [0.3, 0.4) is 0 Å². The first kappa shape index (κ1) is 5.06. The predicted octanol–water partition coefficient (Wildman–Crippen LogP) is 0.966. The summed E-state index contributed by atoms with van der Waals surface area (Å²) >= 11 is 0. The molecule has 2 rings (SSSR count). The van der Waals surface area contributed by atoms with Crippen molar-refractivity contribution in [3.8, 4) is 0 Å². The largest absolute Gasteiger partial charge is 0.472 e. The summed E-state index contributed by atoms with van der Waals surface area (Å²) in [4.78, 5) is 0.